The van der Waals surface area contributed by atoms with E-state index in [0.717, 1.165) is 39.1 Å². The van der Waals surface area contributed by atoms with Gasteiger partial charge in [0.15, 0.2) is 0 Å². The van der Waals surface area contributed by atoms with Crippen molar-refractivity contribution in [3.05, 3.63) is 0 Å². The van der Waals surface area contributed by atoms with Crippen LogP contribution < -0.4 is 5.32 Å². The summed E-state index contributed by atoms with van der Waals surface area (Å²) >= 11 is 0. The summed E-state index contributed by atoms with van der Waals surface area (Å²) in [6.07, 6.45) is 3.08. The van der Waals surface area contributed by atoms with E-state index in [4.69, 9.17) is 4.74 Å². The van der Waals surface area contributed by atoms with E-state index in [1.807, 2.05) is 4.90 Å². The number of carbonyl (C=O) groups excluding carboxylic acids is 1. The van der Waals surface area contributed by atoms with Crippen molar-refractivity contribution in [3.8, 4) is 0 Å². The van der Waals surface area contributed by atoms with Gasteiger partial charge in [-0.2, -0.15) is 0 Å². The van der Waals surface area contributed by atoms with Crippen LogP contribution >= 0.6 is 0 Å². The molecule has 0 spiro atoms. The summed E-state index contributed by atoms with van der Waals surface area (Å²) in [6.45, 7) is 7.49. The van der Waals surface area contributed by atoms with E-state index in [2.05, 4.69) is 19.2 Å². The van der Waals surface area contributed by atoms with Gasteiger partial charge in [-0.05, 0) is 26.7 Å². The minimum absolute atomic E-state index is 0.0671. The van der Waals surface area contributed by atoms with Gasteiger partial charge in [0, 0.05) is 38.2 Å². The molecule has 0 saturated carbocycles. The van der Waals surface area contributed by atoms with Crippen molar-refractivity contribution in [1.29, 1.82) is 0 Å². The second-order valence-electron chi connectivity index (χ2n) is 5.46. The van der Waals surface area contributed by atoms with E-state index in [0.29, 0.717) is 6.42 Å². The normalized spacial score (nSPS) is 30.5. The summed E-state index contributed by atoms with van der Waals surface area (Å²) < 4.78 is 5.58. The lowest BCUT2D eigenvalue weighted by Crippen LogP contribution is -2.40. The zero-order valence-electron chi connectivity index (χ0n) is 10.3. The number of amides is 1. The minimum Gasteiger partial charge on any atom is -0.376 e. The topological polar surface area (TPSA) is 41.6 Å². The fraction of sp³-hybridized carbons (Fsp3) is 0.917. The van der Waals surface area contributed by atoms with Crippen molar-refractivity contribution in [2.75, 3.05) is 26.2 Å². The molecule has 2 rings (SSSR count). The van der Waals surface area contributed by atoms with Gasteiger partial charge in [0.2, 0.25) is 5.91 Å². The highest BCUT2D eigenvalue weighted by atomic mass is 16.5. The Morgan fingerprint density at radius 1 is 1.56 bits per heavy atom. The van der Waals surface area contributed by atoms with Crippen LogP contribution in [-0.2, 0) is 9.53 Å². The lowest BCUT2D eigenvalue weighted by molar-refractivity contribution is -0.132. The molecule has 16 heavy (non-hydrogen) atoms. The Kier molecular flexibility index (Phi) is 3.50. The van der Waals surface area contributed by atoms with Crippen LogP contribution in [0.3, 0.4) is 0 Å². The largest absolute Gasteiger partial charge is 0.376 e. The molecule has 2 aliphatic rings. The first-order valence-electron chi connectivity index (χ1n) is 6.21. The number of rotatable bonds is 2. The number of hydrogen-bond acceptors (Lipinski definition) is 3. The van der Waals surface area contributed by atoms with Crippen LogP contribution in [0.15, 0.2) is 0 Å². The Balaban J connectivity index is 1.91. The zero-order valence-corrected chi connectivity index (χ0v) is 10.3. The van der Waals surface area contributed by atoms with Crippen LogP contribution in [0, 0.1) is 0 Å². The van der Waals surface area contributed by atoms with Gasteiger partial charge >= 0.3 is 0 Å². The number of hydrogen-bond donors (Lipinski definition) is 1. The van der Waals surface area contributed by atoms with Crippen LogP contribution in [0.2, 0.25) is 0 Å². The van der Waals surface area contributed by atoms with Gasteiger partial charge in [0.25, 0.3) is 0 Å². The molecule has 1 N–H and O–H groups in total. The molecule has 1 unspecified atom stereocenters. The molecule has 2 aliphatic heterocycles. The molecule has 0 bridgehead atoms. The maximum Gasteiger partial charge on any atom is 0.224 e. The van der Waals surface area contributed by atoms with Gasteiger partial charge in [-0.25, -0.2) is 0 Å². The van der Waals surface area contributed by atoms with E-state index in [1.54, 1.807) is 0 Å². The first-order valence-corrected chi connectivity index (χ1v) is 6.21. The van der Waals surface area contributed by atoms with Crippen molar-refractivity contribution in [3.63, 3.8) is 0 Å². The van der Waals surface area contributed by atoms with Crippen molar-refractivity contribution < 1.29 is 9.53 Å². The Morgan fingerprint density at radius 2 is 2.38 bits per heavy atom. The highest BCUT2D eigenvalue weighted by molar-refractivity contribution is 5.77. The average Bonchev–Trinajstić information content (AvgIpc) is 2.63. The van der Waals surface area contributed by atoms with Gasteiger partial charge in [0.1, 0.15) is 0 Å². The van der Waals surface area contributed by atoms with Crippen LogP contribution in [0.25, 0.3) is 0 Å². The first kappa shape index (κ1) is 11.9. The van der Waals surface area contributed by atoms with Gasteiger partial charge in [-0.3, -0.25) is 4.79 Å². The lowest BCUT2D eigenvalue weighted by Gasteiger charge is -2.24. The Bertz CT molecular complexity index is 260. The Morgan fingerprint density at radius 3 is 3.06 bits per heavy atom. The van der Waals surface area contributed by atoms with Crippen LogP contribution in [0.5, 0.6) is 0 Å². The minimum atomic E-state index is -0.0671. The molecular weight excluding hydrogens is 204 g/mol. The average molecular weight is 226 g/mol. The van der Waals surface area contributed by atoms with Gasteiger partial charge in [-0.1, -0.05) is 0 Å². The molecule has 0 aliphatic carbocycles. The molecule has 1 atom stereocenters. The molecule has 0 aromatic rings. The number of ether oxygens (including phenoxy) is 1. The van der Waals surface area contributed by atoms with Crippen LogP contribution in [-0.4, -0.2) is 48.7 Å². The monoisotopic (exact) mass is 226 g/mol. The van der Waals surface area contributed by atoms with E-state index < -0.39 is 0 Å². The maximum absolute atomic E-state index is 12.0. The predicted molar refractivity (Wildman–Crippen MR) is 62.3 cm³/mol. The van der Waals surface area contributed by atoms with E-state index in [-0.39, 0.29) is 17.6 Å². The standard InChI is InChI=1S/C12H22N2O2/c1-12(2)8-11(15)14(6-5-13-12)9-10-4-3-7-16-10/h10,13H,3-9H2,1-2H3. The van der Waals surface area contributed by atoms with Crippen molar-refractivity contribution >= 4 is 5.91 Å². The second kappa shape index (κ2) is 4.72. The third-order valence-corrected chi connectivity index (χ3v) is 3.38. The van der Waals surface area contributed by atoms with Crippen molar-refractivity contribution in [2.45, 2.75) is 44.8 Å². The molecule has 2 saturated heterocycles. The highest BCUT2D eigenvalue weighted by Gasteiger charge is 2.30. The molecule has 1 amide bonds. The summed E-state index contributed by atoms with van der Waals surface area (Å²) in [4.78, 5) is 14.0. The summed E-state index contributed by atoms with van der Waals surface area (Å²) in [5.74, 6) is 0.255. The summed E-state index contributed by atoms with van der Waals surface area (Å²) in [7, 11) is 0. The first-order chi connectivity index (χ1) is 7.57. The summed E-state index contributed by atoms with van der Waals surface area (Å²) in [5, 5.41) is 3.40. The predicted octanol–water partition coefficient (Wildman–Crippen LogP) is 0.766. The zero-order chi connectivity index (χ0) is 11.6. The van der Waals surface area contributed by atoms with E-state index in [1.165, 1.54) is 0 Å². The van der Waals surface area contributed by atoms with Crippen molar-refractivity contribution in [2.24, 2.45) is 0 Å². The molecule has 0 aromatic carbocycles. The molecule has 2 fully saturated rings. The molecule has 4 nitrogen and oxygen atoms in total. The Labute approximate surface area is 97.3 Å². The van der Waals surface area contributed by atoms with Crippen LogP contribution in [0.1, 0.15) is 33.1 Å². The third-order valence-electron chi connectivity index (χ3n) is 3.38. The van der Waals surface area contributed by atoms with Crippen molar-refractivity contribution in [1.82, 2.24) is 10.2 Å². The van der Waals surface area contributed by atoms with E-state index >= 15 is 0 Å². The molecule has 4 heteroatoms. The van der Waals surface area contributed by atoms with Gasteiger partial charge in [0.05, 0.1) is 6.10 Å². The summed E-state index contributed by atoms with van der Waals surface area (Å²) in [6, 6.07) is 0. The fourth-order valence-corrected chi connectivity index (χ4v) is 2.43. The van der Waals surface area contributed by atoms with Crippen LogP contribution in [0.4, 0.5) is 0 Å². The lowest BCUT2D eigenvalue weighted by atomic mass is 10.0. The fourth-order valence-electron chi connectivity index (χ4n) is 2.43. The second-order valence-corrected chi connectivity index (χ2v) is 5.46. The number of carbonyl (C=O) groups is 1. The molecule has 92 valence electrons. The number of nitrogens with one attached hydrogen (secondary N) is 1. The quantitative estimate of drug-likeness (QED) is 0.756. The molecular formula is C12H22N2O2. The highest BCUT2D eigenvalue weighted by Crippen LogP contribution is 2.17. The van der Waals surface area contributed by atoms with Gasteiger partial charge < -0.3 is 15.0 Å². The Hall–Kier alpha value is -0.610. The SMILES string of the molecule is CC1(C)CC(=O)N(CC2CCCO2)CCN1. The molecule has 0 radical (unpaired) electrons. The smallest absolute Gasteiger partial charge is 0.224 e. The van der Waals surface area contributed by atoms with Gasteiger partial charge in [-0.15, -0.1) is 0 Å². The third kappa shape index (κ3) is 2.95. The molecule has 2 heterocycles. The summed E-state index contributed by atoms with van der Waals surface area (Å²) in [5.41, 5.74) is -0.0671. The number of nitrogens with zero attached hydrogens (tertiary/aromatic N) is 1. The molecule has 0 aromatic heterocycles. The maximum atomic E-state index is 12.0. The van der Waals surface area contributed by atoms with E-state index in [9.17, 15) is 4.79 Å².